The van der Waals surface area contributed by atoms with E-state index in [0.717, 1.165) is 31.4 Å². The number of rotatable bonds is 8. The normalized spacial score (nSPS) is 18.3. The molecule has 2 heterocycles. The maximum atomic E-state index is 13.0. The van der Waals surface area contributed by atoms with Gasteiger partial charge in [0.15, 0.2) is 0 Å². The van der Waals surface area contributed by atoms with Crippen LogP contribution in [0.25, 0.3) is 5.69 Å². The number of nitrogens with one attached hydrogen (secondary N) is 3. The van der Waals surface area contributed by atoms with E-state index in [9.17, 15) is 4.79 Å². The second kappa shape index (κ2) is 9.49. The van der Waals surface area contributed by atoms with Crippen molar-refractivity contribution in [2.75, 3.05) is 12.0 Å². The lowest BCUT2D eigenvalue weighted by atomic mass is 10.1. The Morgan fingerprint density at radius 1 is 1.10 bits per heavy atom. The zero-order valence-corrected chi connectivity index (χ0v) is 17.1. The van der Waals surface area contributed by atoms with Gasteiger partial charge < -0.3 is 10.6 Å². The van der Waals surface area contributed by atoms with Crippen molar-refractivity contribution in [3.05, 3.63) is 66.2 Å². The quantitative estimate of drug-likeness (QED) is 0.499. The van der Waals surface area contributed by atoms with Gasteiger partial charge in [-0.1, -0.05) is 19.1 Å². The number of amides is 1. The molecule has 3 N–H and O–H groups in total. The van der Waals surface area contributed by atoms with Gasteiger partial charge in [-0.15, -0.1) is 0 Å². The Bertz CT molecular complexity index is 973. The first-order valence-electron chi connectivity index (χ1n) is 10.4. The molecule has 0 radical (unpaired) electrons. The fourth-order valence-corrected chi connectivity index (χ4v) is 3.96. The molecular weight excluding hydrogens is 378 g/mol. The zero-order chi connectivity index (χ0) is 20.8. The fraction of sp³-hybridized carbons (Fsp3) is 0.364. The molecule has 4 rings (SSSR count). The summed E-state index contributed by atoms with van der Waals surface area (Å²) < 4.78 is 0. The molecule has 156 valence electrons. The van der Waals surface area contributed by atoms with Gasteiger partial charge in [0.2, 0.25) is 0 Å². The summed E-state index contributed by atoms with van der Waals surface area (Å²) in [6.07, 6.45) is 10.9. The Hall–Kier alpha value is -3.26. The van der Waals surface area contributed by atoms with Gasteiger partial charge in [-0.3, -0.25) is 15.1 Å². The second-order valence-electron chi connectivity index (χ2n) is 7.40. The number of nitrogens with zero attached hydrogens (tertiary/aromatic N) is 4. The first-order valence-corrected chi connectivity index (χ1v) is 10.4. The summed E-state index contributed by atoms with van der Waals surface area (Å²) in [5, 5.41) is 18.5. The van der Waals surface area contributed by atoms with E-state index < -0.39 is 0 Å². The second-order valence-corrected chi connectivity index (χ2v) is 7.40. The number of aryl methyl sites for hydroxylation is 1. The number of para-hydroxylation sites is 1. The number of pyridine rings is 1. The summed E-state index contributed by atoms with van der Waals surface area (Å²) in [7, 11) is 0. The lowest BCUT2D eigenvalue weighted by molar-refractivity contribution is 0.0931. The van der Waals surface area contributed by atoms with Crippen LogP contribution in [0.2, 0.25) is 0 Å². The fourth-order valence-electron chi connectivity index (χ4n) is 3.96. The van der Waals surface area contributed by atoms with Crippen molar-refractivity contribution in [2.24, 2.45) is 0 Å². The highest BCUT2D eigenvalue weighted by molar-refractivity contribution is 5.97. The predicted molar refractivity (Wildman–Crippen MR) is 115 cm³/mol. The van der Waals surface area contributed by atoms with Gasteiger partial charge in [0, 0.05) is 30.2 Å². The Morgan fingerprint density at radius 3 is 2.73 bits per heavy atom. The van der Waals surface area contributed by atoms with Crippen LogP contribution in [0.4, 0.5) is 5.69 Å². The number of hydrogen-bond donors (Lipinski definition) is 3. The van der Waals surface area contributed by atoms with E-state index in [1.54, 1.807) is 18.6 Å². The molecule has 8 heteroatoms. The molecule has 30 heavy (non-hydrogen) atoms. The van der Waals surface area contributed by atoms with Gasteiger partial charge in [0.25, 0.3) is 5.91 Å². The van der Waals surface area contributed by atoms with E-state index in [1.807, 2.05) is 36.5 Å². The van der Waals surface area contributed by atoms with Crippen LogP contribution < -0.4 is 16.0 Å². The Morgan fingerprint density at radius 2 is 1.90 bits per heavy atom. The molecule has 1 amide bonds. The molecule has 3 aromatic rings. The highest BCUT2D eigenvalue weighted by Crippen LogP contribution is 2.21. The van der Waals surface area contributed by atoms with Crippen molar-refractivity contribution in [2.45, 2.75) is 44.7 Å². The smallest absolute Gasteiger partial charge is 0.253 e. The number of hydrogen-bond acceptors (Lipinski definition) is 6. The van der Waals surface area contributed by atoms with E-state index in [2.05, 4.69) is 38.1 Å². The molecule has 0 saturated heterocycles. The lowest BCUT2D eigenvalue weighted by Gasteiger charge is -2.23. The van der Waals surface area contributed by atoms with Crippen LogP contribution in [0.1, 0.15) is 42.1 Å². The van der Waals surface area contributed by atoms with Crippen LogP contribution in [0.5, 0.6) is 0 Å². The molecule has 1 aliphatic carbocycles. The summed E-state index contributed by atoms with van der Waals surface area (Å²) in [5.74, 6) is -0.100. The molecule has 0 bridgehead atoms. The summed E-state index contributed by atoms with van der Waals surface area (Å²) >= 11 is 0. The van der Waals surface area contributed by atoms with E-state index in [-0.39, 0.29) is 18.0 Å². The molecule has 2 unspecified atom stereocenters. The van der Waals surface area contributed by atoms with Crippen LogP contribution in [-0.2, 0) is 6.42 Å². The monoisotopic (exact) mass is 405 g/mol. The van der Waals surface area contributed by atoms with Crippen LogP contribution in [0.3, 0.4) is 0 Å². The first kappa shape index (κ1) is 20.0. The lowest BCUT2D eigenvalue weighted by Crippen LogP contribution is -2.48. The Labute approximate surface area is 176 Å². The van der Waals surface area contributed by atoms with E-state index >= 15 is 0 Å². The summed E-state index contributed by atoms with van der Waals surface area (Å²) in [5.41, 5.74) is 3.54. The molecule has 0 aliphatic heterocycles. The zero-order valence-electron chi connectivity index (χ0n) is 17.1. The van der Waals surface area contributed by atoms with E-state index in [1.165, 1.54) is 10.4 Å². The molecule has 8 nitrogen and oxygen atoms in total. The third kappa shape index (κ3) is 4.49. The molecule has 1 fully saturated rings. The Kier molecular flexibility index (Phi) is 6.34. The topological polar surface area (TPSA) is 96.8 Å². The van der Waals surface area contributed by atoms with Crippen molar-refractivity contribution in [1.29, 1.82) is 0 Å². The van der Waals surface area contributed by atoms with Gasteiger partial charge >= 0.3 is 0 Å². The van der Waals surface area contributed by atoms with Gasteiger partial charge in [0.05, 0.1) is 30.3 Å². The number of aromatic nitrogens is 4. The third-order valence-corrected chi connectivity index (χ3v) is 5.54. The average molecular weight is 406 g/mol. The molecule has 1 saturated carbocycles. The Balaban J connectivity index is 1.37. The molecule has 1 aromatic carbocycles. The molecule has 1 aliphatic rings. The van der Waals surface area contributed by atoms with Gasteiger partial charge in [-0.05, 0) is 49.4 Å². The molecule has 2 aromatic heterocycles. The minimum absolute atomic E-state index is 0.0843. The molecular formula is C22H27N7O. The predicted octanol–water partition coefficient (Wildman–Crippen LogP) is 2.53. The molecule has 0 spiro atoms. The minimum atomic E-state index is -0.100. The van der Waals surface area contributed by atoms with Gasteiger partial charge in [-0.2, -0.15) is 15.0 Å². The van der Waals surface area contributed by atoms with Crippen LogP contribution in [0, 0.1) is 0 Å². The van der Waals surface area contributed by atoms with Crippen molar-refractivity contribution in [3.63, 3.8) is 0 Å². The highest BCUT2D eigenvalue weighted by Gasteiger charge is 2.29. The first-order chi connectivity index (χ1) is 14.8. The van der Waals surface area contributed by atoms with Crippen LogP contribution >= 0.6 is 0 Å². The van der Waals surface area contributed by atoms with Crippen molar-refractivity contribution < 1.29 is 4.79 Å². The number of carbonyl (C=O) groups excluding carboxylic acids is 1. The summed E-state index contributed by atoms with van der Waals surface area (Å²) in [6, 6.07) is 9.70. The summed E-state index contributed by atoms with van der Waals surface area (Å²) in [4.78, 5) is 18.7. The van der Waals surface area contributed by atoms with Crippen molar-refractivity contribution in [3.8, 4) is 5.69 Å². The largest absolute Gasteiger partial charge is 0.372 e. The van der Waals surface area contributed by atoms with Gasteiger partial charge in [-0.25, -0.2) is 0 Å². The van der Waals surface area contributed by atoms with Crippen molar-refractivity contribution >= 4 is 11.6 Å². The van der Waals surface area contributed by atoms with Crippen LogP contribution in [-0.4, -0.2) is 44.6 Å². The highest BCUT2D eigenvalue weighted by atomic mass is 16.1. The standard InChI is InChI=1S/C22H27N7O/c1-2-16-14-23-11-10-18(16)24-15-25-19-7-5-8-20(19)28-22(30)17-6-3-4-9-21(17)29-26-12-13-27-29/h3-4,6,9-14,19-20,25H,2,5,7-8,15H2,1H3,(H,23,24)(H,28,30). The third-order valence-electron chi connectivity index (χ3n) is 5.54. The molecule has 2 atom stereocenters. The average Bonchev–Trinajstić information content (AvgIpc) is 3.47. The maximum Gasteiger partial charge on any atom is 0.253 e. The van der Waals surface area contributed by atoms with Crippen molar-refractivity contribution in [1.82, 2.24) is 30.6 Å². The van der Waals surface area contributed by atoms with E-state index in [0.29, 0.717) is 17.9 Å². The van der Waals surface area contributed by atoms with Crippen LogP contribution in [0.15, 0.2) is 55.1 Å². The maximum absolute atomic E-state index is 13.0. The minimum Gasteiger partial charge on any atom is -0.372 e. The van der Waals surface area contributed by atoms with E-state index in [4.69, 9.17) is 0 Å². The van der Waals surface area contributed by atoms with Gasteiger partial charge in [0.1, 0.15) is 0 Å². The SMILES string of the molecule is CCc1cnccc1NCNC1CCCC1NC(=O)c1ccccc1-n1nccn1. The summed E-state index contributed by atoms with van der Waals surface area (Å²) in [6.45, 7) is 2.76. The number of carbonyl (C=O) groups is 1. The number of anilines is 1. The number of benzene rings is 1.